The third-order valence-electron chi connectivity index (χ3n) is 3.02. The second kappa shape index (κ2) is 8.19. The first kappa shape index (κ1) is 18.3. The van der Waals surface area contributed by atoms with Gasteiger partial charge in [0.25, 0.3) is 5.91 Å². The van der Waals surface area contributed by atoms with Crippen molar-refractivity contribution in [3.8, 4) is 11.5 Å². The average Bonchev–Trinajstić information content (AvgIpc) is 2.60. The van der Waals surface area contributed by atoms with Crippen LogP contribution in [0.2, 0.25) is 0 Å². The zero-order valence-electron chi connectivity index (χ0n) is 13.1. The van der Waals surface area contributed by atoms with E-state index in [0.717, 1.165) is 18.3 Å². The normalized spacial score (nSPS) is 10.5. The largest absolute Gasteiger partial charge is 0.502 e. The number of carbonyl (C=O) groups is 1. The number of phenolic OH excluding ortho intramolecular Hbond substituents is 1. The van der Waals surface area contributed by atoms with Crippen LogP contribution in [-0.2, 0) is 4.79 Å². The van der Waals surface area contributed by atoms with Gasteiger partial charge >= 0.3 is 11.4 Å². The van der Waals surface area contributed by atoms with E-state index in [0.29, 0.717) is 5.56 Å². The molecule has 0 spiro atoms. The second-order valence-electron chi connectivity index (χ2n) is 4.81. The Morgan fingerprint density at radius 2 is 1.85 bits per heavy atom. The summed E-state index contributed by atoms with van der Waals surface area (Å²) < 4.78 is 5.08. The molecule has 0 atom stereocenters. The lowest BCUT2D eigenvalue weighted by molar-refractivity contribution is -0.386. The smallest absolute Gasteiger partial charge is 0.310 e. The van der Waals surface area contributed by atoms with Gasteiger partial charge in [-0.15, -0.1) is 0 Å². The molecule has 2 rings (SSSR count). The Morgan fingerprint density at radius 3 is 2.50 bits per heavy atom. The lowest BCUT2D eigenvalue weighted by atomic mass is 10.2. The van der Waals surface area contributed by atoms with Crippen molar-refractivity contribution < 1.29 is 24.5 Å². The molecule has 0 aliphatic carbocycles. The summed E-state index contributed by atoms with van der Waals surface area (Å²) in [5.74, 6) is -1.27. The molecule has 11 nitrogen and oxygen atoms in total. The van der Waals surface area contributed by atoms with Crippen LogP contribution in [0.3, 0.4) is 0 Å². The number of hydrogen-bond acceptors (Lipinski definition) is 8. The van der Waals surface area contributed by atoms with Gasteiger partial charge in [-0.1, -0.05) is 12.1 Å². The molecule has 0 saturated heterocycles. The number of hydrogen-bond donors (Lipinski definition) is 2. The molecule has 0 aliphatic rings. The molecule has 0 saturated carbocycles. The van der Waals surface area contributed by atoms with Gasteiger partial charge in [0.05, 0.1) is 16.1 Å². The van der Waals surface area contributed by atoms with Crippen LogP contribution < -0.4 is 10.2 Å². The highest BCUT2D eigenvalue weighted by atomic mass is 16.6. The minimum atomic E-state index is -0.738. The van der Waals surface area contributed by atoms with Crippen molar-refractivity contribution in [3.05, 3.63) is 68.3 Å². The lowest BCUT2D eigenvalue weighted by Crippen LogP contribution is -2.24. The van der Waals surface area contributed by atoms with Crippen LogP contribution in [0.15, 0.2) is 47.6 Å². The fraction of sp³-hybridized carbons (Fsp3) is 0.0667. The number of benzene rings is 2. The number of nitrogens with zero attached hydrogens (tertiary/aromatic N) is 3. The highest BCUT2D eigenvalue weighted by Gasteiger charge is 2.15. The molecule has 0 aliphatic heterocycles. The Labute approximate surface area is 145 Å². The van der Waals surface area contributed by atoms with E-state index in [1.54, 1.807) is 0 Å². The summed E-state index contributed by atoms with van der Waals surface area (Å²) in [6, 6.07) is 9.13. The number of aromatic hydroxyl groups is 1. The molecule has 2 N–H and O–H groups in total. The van der Waals surface area contributed by atoms with E-state index in [4.69, 9.17) is 4.74 Å². The maximum absolute atomic E-state index is 11.6. The molecule has 0 aromatic heterocycles. The number of nitrogens with one attached hydrogen (secondary N) is 1. The van der Waals surface area contributed by atoms with Crippen molar-refractivity contribution in [2.24, 2.45) is 5.10 Å². The Kier molecular flexibility index (Phi) is 5.77. The topological polar surface area (TPSA) is 157 Å². The number of para-hydroxylation sites is 2. The van der Waals surface area contributed by atoms with Gasteiger partial charge < -0.3 is 9.84 Å². The summed E-state index contributed by atoms with van der Waals surface area (Å²) in [7, 11) is 0. The number of hydrazone groups is 1. The predicted molar refractivity (Wildman–Crippen MR) is 89.1 cm³/mol. The van der Waals surface area contributed by atoms with Crippen LogP contribution in [0.1, 0.15) is 5.56 Å². The maximum Gasteiger partial charge on any atom is 0.310 e. The summed E-state index contributed by atoms with van der Waals surface area (Å²) >= 11 is 0. The average molecular weight is 360 g/mol. The highest BCUT2D eigenvalue weighted by molar-refractivity contribution is 5.84. The van der Waals surface area contributed by atoms with Crippen LogP contribution in [-0.4, -0.2) is 33.7 Å². The van der Waals surface area contributed by atoms with Gasteiger partial charge in [0, 0.05) is 12.1 Å². The fourth-order valence-electron chi connectivity index (χ4n) is 1.86. The van der Waals surface area contributed by atoms with Gasteiger partial charge in [0.15, 0.2) is 18.1 Å². The Bertz CT molecular complexity index is 882. The summed E-state index contributed by atoms with van der Waals surface area (Å²) in [4.78, 5) is 31.7. The number of carbonyl (C=O) groups excluding carboxylic acids is 1. The van der Waals surface area contributed by atoms with Gasteiger partial charge in [0.1, 0.15) is 0 Å². The first-order valence-corrected chi connectivity index (χ1v) is 7.04. The van der Waals surface area contributed by atoms with E-state index in [9.17, 15) is 30.1 Å². The van der Waals surface area contributed by atoms with Crippen molar-refractivity contribution in [3.63, 3.8) is 0 Å². The third kappa shape index (κ3) is 4.74. The number of nitro benzene ring substituents is 2. The molecule has 2 aromatic carbocycles. The third-order valence-corrected chi connectivity index (χ3v) is 3.02. The van der Waals surface area contributed by atoms with E-state index in [2.05, 4.69) is 10.5 Å². The Hall–Kier alpha value is -4.02. The van der Waals surface area contributed by atoms with Crippen LogP contribution in [0.5, 0.6) is 11.5 Å². The van der Waals surface area contributed by atoms with E-state index in [1.165, 1.54) is 30.3 Å². The van der Waals surface area contributed by atoms with Crippen molar-refractivity contribution in [2.45, 2.75) is 0 Å². The monoisotopic (exact) mass is 360 g/mol. The summed E-state index contributed by atoms with van der Waals surface area (Å²) in [6.07, 6.45) is 1.16. The maximum atomic E-state index is 11.6. The molecule has 2 aromatic rings. The molecule has 1 amide bonds. The molecular formula is C15H12N4O7. The number of phenols is 1. The predicted octanol–water partition coefficient (Wildman–Crippen LogP) is 1.74. The van der Waals surface area contributed by atoms with E-state index >= 15 is 0 Å². The standard InChI is InChI=1S/C15H12N4O7/c20-13-7-10(5-6-11(13)18(22)23)8-16-17-15(21)9-26-14-4-2-1-3-12(14)19(24)25/h1-8,20H,9H2,(H,17,21)/b16-8-. The summed E-state index contributed by atoms with van der Waals surface area (Å²) in [5.41, 5.74) is 1.71. The van der Waals surface area contributed by atoms with Gasteiger partial charge in [0.2, 0.25) is 0 Å². The Morgan fingerprint density at radius 1 is 1.15 bits per heavy atom. The van der Waals surface area contributed by atoms with E-state index in [-0.39, 0.29) is 11.4 Å². The zero-order valence-corrected chi connectivity index (χ0v) is 13.1. The van der Waals surface area contributed by atoms with Gasteiger partial charge in [-0.05, 0) is 23.8 Å². The SMILES string of the molecule is O=C(COc1ccccc1[N+](=O)[O-])N/N=C\c1ccc([N+](=O)[O-])c(O)c1. The number of amides is 1. The number of nitro groups is 2. The zero-order chi connectivity index (χ0) is 19.1. The number of ether oxygens (including phenoxy) is 1. The van der Waals surface area contributed by atoms with Crippen LogP contribution in [0.25, 0.3) is 0 Å². The summed E-state index contributed by atoms with van der Waals surface area (Å²) in [6.45, 7) is -0.506. The van der Waals surface area contributed by atoms with Crippen molar-refractivity contribution in [1.29, 1.82) is 0 Å². The molecule has 0 radical (unpaired) electrons. The van der Waals surface area contributed by atoms with Gasteiger partial charge in [-0.2, -0.15) is 5.10 Å². The second-order valence-corrected chi connectivity index (χ2v) is 4.81. The minimum Gasteiger partial charge on any atom is -0.502 e. The van der Waals surface area contributed by atoms with Crippen LogP contribution in [0, 0.1) is 20.2 Å². The highest BCUT2D eigenvalue weighted by Crippen LogP contribution is 2.26. The summed E-state index contributed by atoms with van der Waals surface area (Å²) in [5, 5.41) is 34.5. The molecule has 0 heterocycles. The quantitative estimate of drug-likeness (QED) is 0.432. The van der Waals surface area contributed by atoms with Crippen molar-refractivity contribution >= 4 is 23.5 Å². The Balaban J connectivity index is 1.91. The first-order valence-electron chi connectivity index (χ1n) is 7.04. The minimum absolute atomic E-state index is 0.0584. The molecule has 0 bridgehead atoms. The van der Waals surface area contributed by atoms with Crippen LogP contribution >= 0.6 is 0 Å². The molecule has 11 heteroatoms. The van der Waals surface area contributed by atoms with E-state index in [1.807, 2.05) is 0 Å². The fourth-order valence-corrected chi connectivity index (χ4v) is 1.86. The molecule has 26 heavy (non-hydrogen) atoms. The molecule has 0 unspecified atom stereocenters. The van der Waals surface area contributed by atoms with Gasteiger partial charge in [-0.3, -0.25) is 25.0 Å². The van der Waals surface area contributed by atoms with Crippen molar-refractivity contribution in [1.82, 2.24) is 5.43 Å². The first-order chi connectivity index (χ1) is 12.4. The van der Waals surface area contributed by atoms with E-state index < -0.39 is 33.8 Å². The lowest BCUT2D eigenvalue weighted by Gasteiger charge is -2.05. The number of rotatable bonds is 7. The molecule has 134 valence electrons. The van der Waals surface area contributed by atoms with Gasteiger partial charge in [-0.25, -0.2) is 5.43 Å². The molecule has 0 fully saturated rings. The van der Waals surface area contributed by atoms with Crippen LogP contribution in [0.4, 0.5) is 11.4 Å². The molecular weight excluding hydrogens is 348 g/mol. The van der Waals surface area contributed by atoms with Crippen molar-refractivity contribution in [2.75, 3.05) is 6.61 Å².